The molecule has 0 aromatic heterocycles. The molecule has 0 amide bonds. The number of carbonyl (C=O) groups is 4. The van der Waals surface area contributed by atoms with Crippen molar-refractivity contribution in [2.24, 2.45) is 22.7 Å². The number of rotatable bonds is 11. The highest BCUT2D eigenvalue weighted by atomic mass is 19.1. The first-order valence-corrected chi connectivity index (χ1v) is 10.00. The summed E-state index contributed by atoms with van der Waals surface area (Å²) < 4.78 is 30.7. The summed E-state index contributed by atoms with van der Waals surface area (Å²) in [6, 6.07) is 3.17. The molecular formula is C21H22FNO11. The topological polar surface area (TPSA) is 186 Å². The summed E-state index contributed by atoms with van der Waals surface area (Å²) in [4.78, 5) is 59.5. The molecule has 1 aromatic rings. The Hall–Kier alpha value is -3.83. The fraction of sp³-hybridized carbons (Fsp3) is 0.476. The predicted octanol–water partition coefficient (Wildman–Crippen LogP) is 1.73. The van der Waals surface area contributed by atoms with Crippen molar-refractivity contribution in [3.8, 4) is 5.75 Å². The van der Waals surface area contributed by atoms with Crippen LogP contribution in [-0.4, -0.2) is 64.3 Å². The van der Waals surface area contributed by atoms with Gasteiger partial charge in [-0.1, -0.05) is 0 Å². The van der Waals surface area contributed by atoms with Gasteiger partial charge in [0.05, 0.1) is 24.6 Å². The smallest absolute Gasteiger partial charge is 0.303 e. The number of nitrogens with zero attached hydrogens (tertiary/aromatic N) is 1. The standard InChI is InChI=1S/C21H22FNO11/c1-10(25)32-8-17-13(6-19(28)29)12(5-18(26)27)14(7-20(30)31)21(34-17)33-16-3-2-11(23-9-24)4-15(16)22/h2-4,12-14,17,21H,5-8H2,1H3,(H,26,27)(H,28,29)(H,30,31)/t12-,13+,14+,17-,21+/m0/s1. The molecule has 1 aromatic carbocycles. The minimum Gasteiger partial charge on any atom is -0.481 e. The molecule has 184 valence electrons. The van der Waals surface area contributed by atoms with Gasteiger partial charge in [-0.2, -0.15) is 4.99 Å². The third-order valence-corrected chi connectivity index (χ3v) is 5.25. The maximum Gasteiger partial charge on any atom is 0.303 e. The van der Waals surface area contributed by atoms with Crippen LogP contribution in [0.2, 0.25) is 0 Å². The lowest BCUT2D eigenvalue weighted by molar-refractivity contribution is -0.237. The van der Waals surface area contributed by atoms with E-state index in [9.17, 15) is 43.7 Å². The van der Waals surface area contributed by atoms with Crippen LogP contribution in [0.15, 0.2) is 23.2 Å². The van der Waals surface area contributed by atoms with Crippen LogP contribution < -0.4 is 4.74 Å². The number of isocyanates is 1. The van der Waals surface area contributed by atoms with E-state index in [1.165, 1.54) is 12.1 Å². The van der Waals surface area contributed by atoms with Crippen LogP contribution in [0.3, 0.4) is 0 Å². The first kappa shape index (κ1) is 26.4. The zero-order chi connectivity index (χ0) is 25.4. The first-order chi connectivity index (χ1) is 16.0. The van der Waals surface area contributed by atoms with E-state index in [1.807, 2.05) is 0 Å². The fourth-order valence-corrected chi connectivity index (χ4v) is 3.92. The van der Waals surface area contributed by atoms with Crippen LogP contribution in [0, 0.1) is 23.6 Å². The number of halogens is 1. The quantitative estimate of drug-likeness (QED) is 0.236. The van der Waals surface area contributed by atoms with Gasteiger partial charge in [0.25, 0.3) is 0 Å². The van der Waals surface area contributed by atoms with Crippen molar-refractivity contribution in [2.45, 2.75) is 38.6 Å². The molecule has 2 rings (SSSR count). The third kappa shape index (κ3) is 7.36. The van der Waals surface area contributed by atoms with Gasteiger partial charge in [0, 0.05) is 31.2 Å². The fourth-order valence-electron chi connectivity index (χ4n) is 3.92. The third-order valence-electron chi connectivity index (χ3n) is 5.25. The number of hydrogen-bond donors (Lipinski definition) is 3. The highest BCUT2D eigenvalue weighted by Gasteiger charge is 2.49. The van der Waals surface area contributed by atoms with Gasteiger partial charge < -0.3 is 29.5 Å². The molecule has 3 N–H and O–H groups in total. The van der Waals surface area contributed by atoms with E-state index < -0.39 is 91.5 Å². The minimum atomic E-state index is -1.53. The van der Waals surface area contributed by atoms with Crippen LogP contribution in [-0.2, 0) is 33.4 Å². The Morgan fingerprint density at radius 3 is 2.15 bits per heavy atom. The zero-order valence-electron chi connectivity index (χ0n) is 17.9. The van der Waals surface area contributed by atoms with Gasteiger partial charge in [-0.15, -0.1) is 0 Å². The lowest BCUT2D eigenvalue weighted by Crippen LogP contribution is -2.53. The number of carbonyl (C=O) groups excluding carboxylic acids is 2. The van der Waals surface area contributed by atoms with Gasteiger partial charge in [0.1, 0.15) is 6.61 Å². The highest BCUT2D eigenvalue weighted by molar-refractivity contribution is 5.70. The molecule has 34 heavy (non-hydrogen) atoms. The van der Waals surface area contributed by atoms with Gasteiger partial charge in [-0.25, -0.2) is 9.18 Å². The van der Waals surface area contributed by atoms with Crippen molar-refractivity contribution in [2.75, 3.05) is 6.61 Å². The van der Waals surface area contributed by atoms with Gasteiger partial charge in [0.15, 0.2) is 11.6 Å². The average Bonchev–Trinajstić information content (AvgIpc) is 2.72. The van der Waals surface area contributed by atoms with Crippen LogP contribution in [0.1, 0.15) is 26.2 Å². The molecule has 12 nitrogen and oxygen atoms in total. The van der Waals surface area contributed by atoms with Crippen molar-refractivity contribution >= 4 is 35.6 Å². The molecule has 1 fully saturated rings. The van der Waals surface area contributed by atoms with Crippen molar-refractivity contribution in [3.63, 3.8) is 0 Å². The largest absolute Gasteiger partial charge is 0.481 e. The Morgan fingerprint density at radius 2 is 1.62 bits per heavy atom. The monoisotopic (exact) mass is 483 g/mol. The molecule has 0 unspecified atom stereocenters. The lowest BCUT2D eigenvalue weighted by Gasteiger charge is -2.45. The summed E-state index contributed by atoms with van der Waals surface area (Å²) in [7, 11) is 0. The minimum absolute atomic E-state index is 0.0653. The summed E-state index contributed by atoms with van der Waals surface area (Å²) in [5.74, 6) is -9.42. The van der Waals surface area contributed by atoms with Gasteiger partial charge in [-0.05, 0) is 18.1 Å². The summed E-state index contributed by atoms with van der Waals surface area (Å²) in [5, 5.41) is 28.1. The Kier molecular flexibility index (Phi) is 9.22. The molecular weight excluding hydrogens is 461 g/mol. The second kappa shape index (κ2) is 11.9. The van der Waals surface area contributed by atoms with Crippen molar-refractivity contribution in [1.82, 2.24) is 0 Å². The number of carboxylic acid groups (broad SMARTS) is 3. The molecule has 13 heteroatoms. The number of benzene rings is 1. The van der Waals surface area contributed by atoms with Crippen molar-refractivity contribution in [3.05, 3.63) is 24.0 Å². The van der Waals surface area contributed by atoms with Crippen molar-refractivity contribution in [1.29, 1.82) is 0 Å². The van der Waals surface area contributed by atoms with E-state index in [0.29, 0.717) is 0 Å². The van der Waals surface area contributed by atoms with E-state index in [-0.39, 0.29) is 5.69 Å². The Labute approximate surface area is 191 Å². The number of aliphatic carboxylic acids is 3. The molecule has 1 aliphatic heterocycles. The number of carboxylic acids is 3. The Morgan fingerprint density at radius 1 is 1.03 bits per heavy atom. The van der Waals surface area contributed by atoms with E-state index in [1.54, 1.807) is 0 Å². The molecule has 1 saturated heterocycles. The summed E-state index contributed by atoms with van der Waals surface area (Å²) in [6.45, 7) is 0.641. The van der Waals surface area contributed by atoms with Crippen LogP contribution in [0.4, 0.5) is 10.1 Å². The van der Waals surface area contributed by atoms with E-state index >= 15 is 0 Å². The Bertz CT molecular complexity index is 991. The van der Waals surface area contributed by atoms with Crippen LogP contribution in [0.25, 0.3) is 0 Å². The first-order valence-electron chi connectivity index (χ1n) is 10.00. The molecule has 5 atom stereocenters. The van der Waals surface area contributed by atoms with Gasteiger partial charge >= 0.3 is 23.9 Å². The zero-order valence-corrected chi connectivity index (χ0v) is 17.9. The second-order valence-electron chi connectivity index (χ2n) is 7.57. The van der Waals surface area contributed by atoms with E-state index in [2.05, 4.69) is 4.99 Å². The average molecular weight is 483 g/mol. The Balaban J connectivity index is 2.49. The lowest BCUT2D eigenvalue weighted by atomic mass is 9.71. The van der Waals surface area contributed by atoms with Crippen molar-refractivity contribution < 1.29 is 57.9 Å². The second-order valence-corrected chi connectivity index (χ2v) is 7.57. The summed E-state index contributed by atoms with van der Waals surface area (Å²) in [5.41, 5.74) is -0.0653. The van der Waals surface area contributed by atoms with Crippen LogP contribution >= 0.6 is 0 Å². The molecule has 0 bridgehead atoms. The molecule has 0 aliphatic carbocycles. The predicted molar refractivity (Wildman–Crippen MR) is 107 cm³/mol. The molecule has 1 aliphatic rings. The molecule has 0 radical (unpaired) electrons. The maximum absolute atomic E-state index is 14.5. The highest BCUT2D eigenvalue weighted by Crippen LogP contribution is 2.42. The normalized spacial score (nSPS) is 23.9. The molecule has 0 saturated carbocycles. The number of ether oxygens (including phenoxy) is 3. The molecule has 1 heterocycles. The van der Waals surface area contributed by atoms with E-state index in [0.717, 1.165) is 19.1 Å². The van der Waals surface area contributed by atoms with Gasteiger partial charge in [-0.3, -0.25) is 19.2 Å². The maximum atomic E-state index is 14.5. The number of aliphatic imine (C=N–C) groups is 1. The van der Waals surface area contributed by atoms with Gasteiger partial charge in [0.2, 0.25) is 12.4 Å². The summed E-state index contributed by atoms with van der Waals surface area (Å²) >= 11 is 0. The van der Waals surface area contributed by atoms with Crippen LogP contribution in [0.5, 0.6) is 5.75 Å². The number of hydrogen-bond acceptors (Lipinski definition) is 9. The summed E-state index contributed by atoms with van der Waals surface area (Å²) in [6.07, 6.45) is -3.36. The molecule has 0 spiro atoms. The van der Waals surface area contributed by atoms with E-state index in [4.69, 9.17) is 14.2 Å². The number of esters is 1. The SMILES string of the molecule is CC(=O)OC[C@@H]1O[C@@H](Oc2ccc(N=C=O)cc2F)[C@H](CC(=O)O)[C@@H](CC(=O)O)[C@H]1CC(=O)O.